The van der Waals surface area contributed by atoms with E-state index in [0.717, 1.165) is 4.47 Å². The summed E-state index contributed by atoms with van der Waals surface area (Å²) in [6.07, 6.45) is 4.33. The minimum Gasteiger partial charge on any atom is -0.481 e. The van der Waals surface area contributed by atoms with Crippen LogP contribution in [0.25, 0.3) is 0 Å². The van der Waals surface area contributed by atoms with Crippen molar-refractivity contribution >= 4 is 33.5 Å². The molecule has 0 saturated carbocycles. The Kier molecular flexibility index (Phi) is 4.76. The largest absolute Gasteiger partial charge is 0.481 e. The zero-order valence-electron chi connectivity index (χ0n) is 11.0. The average molecular weight is 349 g/mol. The molecule has 2 N–H and O–H groups in total. The number of benzene rings is 1. The summed E-state index contributed by atoms with van der Waals surface area (Å²) < 4.78 is 0.737. The summed E-state index contributed by atoms with van der Waals surface area (Å²) in [4.78, 5) is 23.5. The van der Waals surface area contributed by atoms with Crippen molar-refractivity contribution in [2.45, 2.75) is 12.8 Å². The number of hydrogen-bond donors (Lipinski definition) is 2. The number of carbonyl (C=O) groups is 2. The van der Waals surface area contributed by atoms with Gasteiger partial charge in [0.15, 0.2) is 0 Å². The molecule has 2 rings (SSSR count). The molecule has 0 aliphatic heterocycles. The molecule has 108 valence electrons. The molecule has 6 heteroatoms. The molecule has 1 aromatic carbocycles. The standard InChI is InChI=1S/C15H13BrN2O3/c16-10-5-6-13(9(7-10)8-17)18-14(19)11-3-1-2-4-12(11)15(20)21/h1-2,5-7,11-12H,3-4H2,(H,18,19)(H,20,21)/t11-,12+/m1/s1. The lowest BCUT2D eigenvalue weighted by molar-refractivity contribution is -0.146. The van der Waals surface area contributed by atoms with E-state index in [0.29, 0.717) is 24.1 Å². The predicted octanol–water partition coefficient (Wildman–Crippen LogP) is 2.93. The number of hydrogen-bond acceptors (Lipinski definition) is 3. The summed E-state index contributed by atoms with van der Waals surface area (Å²) >= 11 is 3.26. The second kappa shape index (κ2) is 6.55. The summed E-state index contributed by atoms with van der Waals surface area (Å²) in [6, 6.07) is 6.94. The van der Waals surface area contributed by atoms with Gasteiger partial charge in [0.2, 0.25) is 5.91 Å². The highest BCUT2D eigenvalue weighted by molar-refractivity contribution is 9.10. The van der Waals surface area contributed by atoms with Gasteiger partial charge in [-0.15, -0.1) is 0 Å². The summed E-state index contributed by atoms with van der Waals surface area (Å²) in [5.41, 5.74) is 0.723. The number of rotatable bonds is 3. The SMILES string of the molecule is N#Cc1cc(Br)ccc1NC(=O)[C@@H]1CC=CC[C@@H]1C(=O)O. The molecule has 0 bridgehead atoms. The lowest BCUT2D eigenvalue weighted by Crippen LogP contribution is -2.34. The lowest BCUT2D eigenvalue weighted by Gasteiger charge is -2.24. The van der Waals surface area contributed by atoms with Crippen LogP contribution < -0.4 is 5.32 Å². The molecule has 0 spiro atoms. The van der Waals surface area contributed by atoms with Crippen molar-refractivity contribution in [2.24, 2.45) is 11.8 Å². The summed E-state index contributed by atoms with van der Waals surface area (Å²) in [5.74, 6) is -2.69. The van der Waals surface area contributed by atoms with Crippen LogP contribution >= 0.6 is 15.9 Å². The zero-order chi connectivity index (χ0) is 15.4. The Morgan fingerprint density at radius 1 is 1.29 bits per heavy atom. The number of anilines is 1. The smallest absolute Gasteiger partial charge is 0.307 e. The Bertz CT molecular complexity index is 649. The van der Waals surface area contributed by atoms with Crippen LogP contribution in [0.2, 0.25) is 0 Å². The number of nitrogens with zero attached hydrogens (tertiary/aromatic N) is 1. The van der Waals surface area contributed by atoms with Crippen molar-refractivity contribution in [1.82, 2.24) is 0 Å². The number of nitrogens with one attached hydrogen (secondary N) is 1. The molecule has 1 aliphatic carbocycles. The van der Waals surface area contributed by atoms with Gasteiger partial charge in [-0.25, -0.2) is 0 Å². The molecular formula is C15H13BrN2O3. The molecule has 1 amide bonds. The van der Waals surface area contributed by atoms with Crippen molar-refractivity contribution in [1.29, 1.82) is 5.26 Å². The van der Waals surface area contributed by atoms with Gasteiger partial charge in [0.05, 0.1) is 23.1 Å². The topological polar surface area (TPSA) is 90.2 Å². The fourth-order valence-electron chi connectivity index (χ4n) is 2.32. The molecule has 5 nitrogen and oxygen atoms in total. The van der Waals surface area contributed by atoms with E-state index in [1.165, 1.54) is 0 Å². The average Bonchev–Trinajstić information content (AvgIpc) is 2.48. The maximum Gasteiger partial charge on any atom is 0.307 e. The predicted molar refractivity (Wildman–Crippen MR) is 80.5 cm³/mol. The summed E-state index contributed by atoms with van der Waals surface area (Å²) in [6.45, 7) is 0. The van der Waals surface area contributed by atoms with Crippen LogP contribution in [0.5, 0.6) is 0 Å². The van der Waals surface area contributed by atoms with Crippen LogP contribution in [0.3, 0.4) is 0 Å². The Morgan fingerprint density at radius 2 is 1.95 bits per heavy atom. The summed E-state index contributed by atoms with van der Waals surface area (Å²) in [7, 11) is 0. The first-order valence-electron chi connectivity index (χ1n) is 6.41. The van der Waals surface area contributed by atoms with Crippen LogP contribution in [-0.4, -0.2) is 17.0 Å². The van der Waals surface area contributed by atoms with Crippen LogP contribution in [0.15, 0.2) is 34.8 Å². The molecule has 1 aliphatic rings. The number of carbonyl (C=O) groups excluding carboxylic acids is 1. The van der Waals surface area contributed by atoms with E-state index in [1.807, 2.05) is 12.1 Å². The fraction of sp³-hybridized carbons (Fsp3) is 0.267. The Hall–Kier alpha value is -2.13. The number of halogens is 1. The maximum atomic E-state index is 12.3. The van der Waals surface area contributed by atoms with Crippen molar-refractivity contribution in [3.05, 3.63) is 40.4 Å². The molecule has 21 heavy (non-hydrogen) atoms. The van der Waals surface area contributed by atoms with Crippen molar-refractivity contribution in [2.75, 3.05) is 5.32 Å². The second-order valence-electron chi connectivity index (χ2n) is 4.78. The van der Waals surface area contributed by atoms with Crippen molar-refractivity contribution in [3.8, 4) is 6.07 Å². The highest BCUT2D eigenvalue weighted by Gasteiger charge is 2.34. The highest BCUT2D eigenvalue weighted by atomic mass is 79.9. The Morgan fingerprint density at radius 3 is 2.57 bits per heavy atom. The molecule has 0 fully saturated rings. The van der Waals surface area contributed by atoms with E-state index in [1.54, 1.807) is 24.3 Å². The second-order valence-corrected chi connectivity index (χ2v) is 5.70. The van der Waals surface area contributed by atoms with E-state index in [9.17, 15) is 14.7 Å². The third kappa shape index (κ3) is 3.50. The molecule has 0 saturated heterocycles. The number of allylic oxidation sites excluding steroid dienone is 2. The molecule has 0 aromatic heterocycles. The zero-order valence-corrected chi connectivity index (χ0v) is 12.6. The van der Waals surface area contributed by atoms with E-state index in [-0.39, 0.29) is 5.91 Å². The lowest BCUT2D eigenvalue weighted by atomic mass is 9.82. The molecular weight excluding hydrogens is 336 g/mol. The monoisotopic (exact) mass is 348 g/mol. The van der Waals surface area contributed by atoms with Crippen molar-refractivity contribution in [3.63, 3.8) is 0 Å². The molecule has 0 unspecified atom stereocenters. The van der Waals surface area contributed by atoms with E-state index in [2.05, 4.69) is 21.2 Å². The highest BCUT2D eigenvalue weighted by Crippen LogP contribution is 2.28. The normalized spacial score (nSPS) is 20.6. The van der Waals surface area contributed by atoms with Gasteiger partial charge in [0.1, 0.15) is 6.07 Å². The number of nitriles is 1. The Labute approximate surface area is 130 Å². The molecule has 1 aromatic rings. The summed E-state index contributed by atoms with van der Waals surface area (Å²) in [5, 5.41) is 20.9. The first-order chi connectivity index (χ1) is 10.0. The van der Waals surface area contributed by atoms with E-state index in [4.69, 9.17) is 5.26 Å². The quantitative estimate of drug-likeness (QED) is 0.821. The third-order valence-electron chi connectivity index (χ3n) is 3.45. The van der Waals surface area contributed by atoms with Gasteiger partial charge >= 0.3 is 5.97 Å². The van der Waals surface area contributed by atoms with Crippen LogP contribution in [-0.2, 0) is 9.59 Å². The number of aliphatic carboxylic acids is 1. The first-order valence-corrected chi connectivity index (χ1v) is 7.20. The number of carboxylic acids is 1. The van der Waals surface area contributed by atoms with Crippen LogP contribution in [0, 0.1) is 23.2 Å². The van der Waals surface area contributed by atoms with Gasteiger partial charge in [-0.2, -0.15) is 5.26 Å². The third-order valence-corrected chi connectivity index (χ3v) is 3.94. The number of amides is 1. The van der Waals surface area contributed by atoms with Crippen LogP contribution in [0.1, 0.15) is 18.4 Å². The van der Waals surface area contributed by atoms with Gasteiger partial charge in [0.25, 0.3) is 0 Å². The van der Waals surface area contributed by atoms with Gasteiger partial charge in [-0.05, 0) is 31.0 Å². The molecule has 2 atom stereocenters. The van der Waals surface area contributed by atoms with Crippen LogP contribution in [0.4, 0.5) is 5.69 Å². The minimum absolute atomic E-state index is 0.330. The maximum absolute atomic E-state index is 12.3. The Balaban J connectivity index is 2.20. The van der Waals surface area contributed by atoms with Gasteiger partial charge in [0, 0.05) is 4.47 Å². The minimum atomic E-state index is -0.976. The van der Waals surface area contributed by atoms with Gasteiger partial charge < -0.3 is 10.4 Å². The number of carboxylic acid groups (broad SMARTS) is 1. The van der Waals surface area contributed by atoms with Gasteiger partial charge in [-0.1, -0.05) is 28.1 Å². The fourth-order valence-corrected chi connectivity index (χ4v) is 2.68. The first kappa shape index (κ1) is 15.3. The van der Waals surface area contributed by atoms with Crippen molar-refractivity contribution < 1.29 is 14.7 Å². The van der Waals surface area contributed by atoms with E-state index >= 15 is 0 Å². The molecule has 0 radical (unpaired) electrons. The molecule has 0 heterocycles. The van der Waals surface area contributed by atoms with E-state index < -0.39 is 17.8 Å². The van der Waals surface area contributed by atoms with Gasteiger partial charge in [-0.3, -0.25) is 9.59 Å².